The summed E-state index contributed by atoms with van der Waals surface area (Å²) in [5.41, 5.74) is 7.31. The lowest BCUT2D eigenvalue weighted by Crippen LogP contribution is -2.31. The molecule has 0 saturated heterocycles. The molecular weight excluding hydrogens is 226 g/mol. The molecule has 5 heteroatoms. The van der Waals surface area contributed by atoms with Gasteiger partial charge in [0.2, 0.25) is 0 Å². The van der Waals surface area contributed by atoms with Gasteiger partial charge in [-0.15, -0.1) is 0 Å². The second-order valence-corrected chi connectivity index (χ2v) is 4.63. The van der Waals surface area contributed by atoms with Crippen LogP contribution < -0.4 is 5.73 Å². The summed E-state index contributed by atoms with van der Waals surface area (Å²) in [6.45, 7) is 5.53. The van der Waals surface area contributed by atoms with E-state index in [2.05, 4.69) is 5.10 Å². The van der Waals surface area contributed by atoms with E-state index in [0.717, 1.165) is 11.3 Å². The molecule has 1 aromatic heterocycles. The molecular formula is C11H18ClN3O. The Bertz CT molecular complexity index is 398. The van der Waals surface area contributed by atoms with E-state index in [1.165, 1.54) is 0 Å². The Kier molecular flexibility index (Phi) is 4.10. The second-order valence-electron chi connectivity index (χ2n) is 4.27. The summed E-state index contributed by atoms with van der Waals surface area (Å²) in [7, 11) is 1.76. The van der Waals surface area contributed by atoms with Gasteiger partial charge >= 0.3 is 0 Å². The van der Waals surface area contributed by atoms with Gasteiger partial charge in [0, 0.05) is 31.0 Å². The van der Waals surface area contributed by atoms with Gasteiger partial charge in [-0.25, -0.2) is 0 Å². The minimum atomic E-state index is -0.157. The standard InChI is InChI=1S/C11H18ClN3O/c1-6(7(2)13)10(16)5-9-8(3)14-15(4)11(9)12/h6-7H,5,13H2,1-4H3. The van der Waals surface area contributed by atoms with Crippen molar-refractivity contribution in [2.75, 3.05) is 0 Å². The van der Waals surface area contributed by atoms with Crippen LogP contribution in [0.25, 0.3) is 0 Å². The maximum Gasteiger partial charge on any atom is 0.141 e. The minimum absolute atomic E-state index is 0.105. The van der Waals surface area contributed by atoms with Crippen LogP contribution in [0.2, 0.25) is 5.15 Å². The molecule has 0 aromatic carbocycles. The lowest BCUT2D eigenvalue weighted by Gasteiger charge is -2.13. The van der Waals surface area contributed by atoms with Gasteiger partial charge < -0.3 is 5.73 Å². The van der Waals surface area contributed by atoms with Gasteiger partial charge in [-0.2, -0.15) is 5.10 Å². The summed E-state index contributed by atoms with van der Waals surface area (Å²) in [6, 6.07) is -0.136. The third kappa shape index (κ3) is 2.62. The predicted molar refractivity (Wildman–Crippen MR) is 64.5 cm³/mol. The van der Waals surface area contributed by atoms with E-state index >= 15 is 0 Å². The maximum atomic E-state index is 11.9. The number of ketones is 1. The zero-order valence-electron chi connectivity index (χ0n) is 10.1. The molecule has 0 amide bonds. The summed E-state index contributed by atoms with van der Waals surface area (Å²) >= 11 is 6.06. The fraction of sp³-hybridized carbons (Fsp3) is 0.636. The Morgan fingerprint density at radius 1 is 1.56 bits per heavy atom. The van der Waals surface area contributed by atoms with Gasteiger partial charge in [0.25, 0.3) is 0 Å². The molecule has 0 bridgehead atoms. The van der Waals surface area contributed by atoms with E-state index in [4.69, 9.17) is 17.3 Å². The molecule has 2 N–H and O–H groups in total. The van der Waals surface area contributed by atoms with Crippen molar-refractivity contribution in [2.24, 2.45) is 18.7 Å². The molecule has 0 radical (unpaired) electrons. The minimum Gasteiger partial charge on any atom is -0.327 e. The monoisotopic (exact) mass is 243 g/mol. The highest BCUT2D eigenvalue weighted by atomic mass is 35.5. The van der Waals surface area contributed by atoms with E-state index in [-0.39, 0.29) is 17.7 Å². The Hall–Kier alpha value is -0.870. The molecule has 16 heavy (non-hydrogen) atoms. The fourth-order valence-electron chi connectivity index (χ4n) is 1.50. The number of nitrogens with two attached hydrogens (primary N) is 1. The molecule has 1 aromatic rings. The number of carbonyl (C=O) groups excluding carboxylic acids is 1. The van der Waals surface area contributed by atoms with Crippen molar-refractivity contribution >= 4 is 17.4 Å². The zero-order chi connectivity index (χ0) is 12.5. The van der Waals surface area contributed by atoms with Crippen molar-refractivity contribution < 1.29 is 4.79 Å². The number of aromatic nitrogens is 2. The lowest BCUT2D eigenvalue weighted by molar-refractivity contribution is -0.122. The Labute approximate surface area is 101 Å². The largest absolute Gasteiger partial charge is 0.327 e. The van der Waals surface area contributed by atoms with Crippen molar-refractivity contribution in [1.29, 1.82) is 0 Å². The van der Waals surface area contributed by atoms with E-state index < -0.39 is 0 Å². The van der Waals surface area contributed by atoms with Crippen molar-refractivity contribution in [3.63, 3.8) is 0 Å². The van der Waals surface area contributed by atoms with Gasteiger partial charge in [-0.05, 0) is 13.8 Å². The molecule has 0 fully saturated rings. The number of Topliss-reactive ketones (excluding diaryl/α,β-unsaturated/α-hetero) is 1. The summed E-state index contributed by atoms with van der Waals surface area (Å²) in [5.74, 6) is -0.0522. The first-order chi connectivity index (χ1) is 7.34. The first-order valence-corrected chi connectivity index (χ1v) is 5.68. The van der Waals surface area contributed by atoms with Crippen LogP contribution >= 0.6 is 11.6 Å². The molecule has 2 unspecified atom stereocenters. The quantitative estimate of drug-likeness (QED) is 0.871. The van der Waals surface area contributed by atoms with Crippen LogP contribution in [0.3, 0.4) is 0 Å². The van der Waals surface area contributed by atoms with Crippen LogP contribution in [-0.4, -0.2) is 21.6 Å². The van der Waals surface area contributed by atoms with Gasteiger partial charge in [0.15, 0.2) is 0 Å². The summed E-state index contributed by atoms with van der Waals surface area (Å²) in [5, 5.41) is 4.70. The average molecular weight is 244 g/mol. The Balaban J connectivity index is 2.85. The smallest absolute Gasteiger partial charge is 0.141 e. The third-order valence-electron chi connectivity index (χ3n) is 2.92. The number of rotatable bonds is 4. The normalized spacial score (nSPS) is 14.9. The number of halogens is 1. The Morgan fingerprint density at radius 3 is 2.50 bits per heavy atom. The van der Waals surface area contributed by atoms with Crippen molar-refractivity contribution in [2.45, 2.75) is 33.2 Å². The van der Waals surface area contributed by atoms with Gasteiger partial charge in [-0.3, -0.25) is 9.48 Å². The van der Waals surface area contributed by atoms with Crippen LogP contribution in [0, 0.1) is 12.8 Å². The predicted octanol–water partition coefficient (Wildman–Crippen LogP) is 1.48. The van der Waals surface area contributed by atoms with E-state index in [1.807, 2.05) is 20.8 Å². The van der Waals surface area contributed by atoms with E-state index in [1.54, 1.807) is 11.7 Å². The van der Waals surface area contributed by atoms with Crippen LogP contribution in [0.5, 0.6) is 0 Å². The van der Waals surface area contributed by atoms with Gasteiger partial charge in [-0.1, -0.05) is 18.5 Å². The summed E-state index contributed by atoms with van der Waals surface area (Å²) < 4.78 is 1.58. The highest BCUT2D eigenvalue weighted by Gasteiger charge is 2.21. The number of hydrogen-bond acceptors (Lipinski definition) is 3. The highest BCUT2D eigenvalue weighted by molar-refractivity contribution is 6.30. The fourth-order valence-corrected chi connectivity index (χ4v) is 1.74. The molecule has 1 heterocycles. The highest BCUT2D eigenvalue weighted by Crippen LogP contribution is 2.20. The van der Waals surface area contributed by atoms with Gasteiger partial charge in [0.05, 0.1) is 5.69 Å². The lowest BCUT2D eigenvalue weighted by atomic mass is 9.94. The zero-order valence-corrected chi connectivity index (χ0v) is 10.9. The van der Waals surface area contributed by atoms with Crippen LogP contribution in [-0.2, 0) is 18.3 Å². The van der Waals surface area contributed by atoms with Crippen molar-refractivity contribution in [3.8, 4) is 0 Å². The molecule has 0 aliphatic heterocycles. The molecule has 90 valence electrons. The van der Waals surface area contributed by atoms with E-state index in [9.17, 15) is 4.79 Å². The molecule has 2 atom stereocenters. The van der Waals surface area contributed by atoms with Gasteiger partial charge in [0.1, 0.15) is 10.9 Å². The molecule has 1 rings (SSSR count). The topological polar surface area (TPSA) is 60.9 Å². The number of aryl methyl sites for hydroxylation is 2. The third-order valence-corrected chi connectivity index (χ3v) is 3.39. The molecule has 0 aliphatic rings. The molecule has 0 spiro atoms. The second kappa shape index (κ2) is 4.97. The van der Waals surface area contributed by atoms with Crippen LogP contribution in [0.1, 0.15) is 25.1 Å². The average Bonchev–Trinajstić information content (AvgIpc) is 2.43. The van der Waals surface area contributed by atoms with Crippen LogP contribution in [0.4, 0.5) is 0 Å². The number of hydrogen-bond donors (Lipinski definition) is 1. The number of nitrogens with zero attached hydrogens (tertiary/aromatic N) is 2. The van der Waals surface area contributed by atoms with Crippen LogP contribution in [0.15, 0.2) is 0 Å². The first kappa shape index (κ1) is 13.2. The molecule has 0 saturated carbocycles. The van der Waals surface area contributed by atoms with Crippen molar-refractivity contribution in [1.82, 2.24) is 9.78 Å². The van der Waals surface area contributed by atoms with Crippen molar-refractivity contribution in [3.05, 3.63) is 16.4 Å². The maximum absolute atomic E-state index is 11.9. The SMILES string of the molecule is Cc1nn(C)c(Cl)c1CC(=O)C(C)C(C)N. The molecule has 4 nitrogen and oxygen atoms in total. The Morgan fingerprint density at radius 2 is 2.12 bits per heavy atom. The number of carbonyl (C=O) groups is 1. The molecule has 0 aliphatic carbocycles. The van der Waals surface area contributed by atoms with E-state index in [0.29, 0.717) is 11.6 Å². The summed E-state index contributed by atoms with van der Waals surface area (Å²) in [6.07, 6.45) is 0.307. The summed E-state index contributed by atoms with van der Waals surface area (Å²) in [4.78, 5) is 11.9. The first-order valence-electron chi connectivity index (χ1n) is 5.30.